The highest BCUT2D eigenvalue weighted by molar-refractivity contribution is 5.79. The molecule has 2 fully saturated rings. The van der Waals surface area contributed by atoms with Crippen LogP contribution in [-0.2, 0) is 16.0 Å². The molecule has 2 heterocycles. The topological polar surface area (TPSA) is 71.5 Å². The number of aryl methyl sites for hydroxylation is 1. The number of aromatic hydroxyl groups is 1. The fourth-order valence-electron chi connectivity index (χ4n) is 5.53. The average molecular weight is 563 g/mol. The molecule has 2 saturated heterocycles. The summed E-state index contributed by atoms with van der Waals surface area (Å²) in [5.41, 5.74) is 2.36. The van der Waals surface area contributed by atoms with E-state index in [2.05, 4.69) is 23.1 Å². The van der Waals surface area contributed by atoms with Crippen molar-refractivity contribution < 1.29 is 28.5 Å². The van der Waals surface area contributed by atoms with Gasteiger partial charge in [-0.2, -0.15) is 0 Å². The summed E-state index contributed by atoms with van der Waals surface area (Å²) >= 11 is 0. The first-order valence-electron chi connectivity index (χ1n) is 14.6. The van der Waals surface area contributed by atoms with Gasteiger partial charge in [-0.3, -0.25) is 9.69 Å². The number of para-hydroxylation sites is 1. The lowest BCUT2D eigenvalue weighted by Gasteiger charge is -2.32. The first-order chi connectivity index (χ1) is 20.0. The van der Waals surface area contributed by atoms with E-state index in [9.17, 15) is 14.3 Å². The Morgan fingerprint density at radius 2 is 1.73 bits per heavy atom. The number of hydrogen-bond acceptors (Lipinski definition) is 6. The SMILES string of the molecule is O=C(COc1ccccc1-c1ccc(F)cc1O)N1CCC(CCc2cccc(OCCN3CCOCC3)c2)CC1. The number of ether oxygens (including phenoxy) is 3. The summed E-state index contributed by atoms with van der Waals surface area (Å²) in [4.78, 5) is 17.2. The van der Waals surface area contributed by atoms with E-state index in [-0.39, 0.29) is 18.3 Å². The van der Waals surface area contributed by atoms with E-state index < -0.39 is 5.82 Å². The van der Waals surface area contributed by atoms with Gasteiger partial charge in [0.25, 0.3) is 5.91 Å². The molecule has 2 aliphatic heterocycles. The van der Waals surface area contributed by atoms with E-state index in [1.165, 1.54) is 17.7 Å². The first-order valence-corrected chi connectivity index (χ1v) is 14.6. The number of benzene rings is 3. The van der Waals surface area contributed by atoms with Crippen LogP contribution in [0.25, 0.3) is 11.1 Å². The van der Waals surface area contributed by atoms with Crippen molar-refractivity contribution in [3.05, 3.63) is 78.1 Å². The number of carbonyl (C=O) groups is 1. The lowest BCUT2D eigenvalue weighted by molar-refractivity contribution is -0.134. The number of halogens is 1. The number of likely N-dealkylation sites (tertiary alicyclic amines) is 1. The van der Waals surface area contributed by atoms with Gasteiger partial charge in [0, 0.05) is 49.9 Å². The third-order valence-corrected chi connectivity index (χ3v) is 7.98. The standard InChI is InChI=1S/C33H39FN2O5/c34-27-10-11-29(31(37)23-27)30-6-1-2-7-32(30)41-24-33(38)36-14-12-25(13-15-36)8-9-26-4-3-5-28(22-26)40-21-18-35-16-19-39-20-17-35/h1-7,10-11,22-23,25,37H,8-9,12-21,24H2. The van der Waals surface area contributed by atoms with Gasteiger partial charge in [0.05, 0.1) is 13.2 Å². The van der Waals surface area contributed by atoms with Crippen molar-refractivity contribution >= 4 is 5.91 Å². The second-order valence-electron chi connectivity index (χ2n) is 10.8. The van der Waals surface area contributed by atoms with Gasteiger partial charge in [-0.05, 0) is 67.5 Å². The maximum Gasteiger partial charge on any atom is 0.260 e. The summed E-state index contributed by atoms with van der Waals surface area (Å²) < 4.78 is 30.7. The van der Waals surface area contributed by atoms with Crippen LogP contribution >= 0.6 is 0 Å². The smallest absolute Gasteiger partial charge is 0.260 e. The lowest BCUT2D eigenvalue weighted by Crippen LogP contribution is -2.41. The van der Waals surface area contributed by atoms with Gasteiger partial charge in [0.15, 0.2) is 6.61 Å². The highest BCUT2D eigenvalue weighted by Gasteiger charge is 2.23. The van der Waals surface area contributed by atoms with Gasteiger partial charge >= 0.3 is 0 Å². The van der Waals surface area contributed by atoms with Crippen molar-refractivity contribution in [1.82, 2.24) is 9.80 Å². The third-order valence-electron chi connectivity index (χ3n) is 7.98. The Kier molecular flexibility index (Phi) is 10.1. The van der Waals surface area contributed by atoms with Crippen LogP contribution in [0.15, 0.2) is 66.7 Å². The van der Waals surface area contributed by atoms with Gasteiger partial charge in [-0.25, -0.2) is 4.39 Å². The minimum absolute atomic E-state index is 0.0523. The van der Waals surface area contributed by atoms with Gasteiger partial charge < -0.3 is 24.2 Å². The molecule has 0 radical (unpaired) electrons. The van der Waals surface area contributed by atoms with Crippen molar-refractivity contribution in [2.24, 2.45) is 5.92 Å². The molecule has 1 N–H and O–H groups in total. The van der Waals surface area contributed by atoms with E-state index in [0.29, 0.717) is 29.4 Å². The van der Waals surface area contributed by atoms with Crippen molar-refractivity contribution in [1.29, 1.82) is 0 Å². The molecule has 0 atom stereocenters. The summed E-state index contributed by atoms with van der Waals surface area (Å²) in [6, 6.07) is 19.4. The molecule has 1 amide bonds. The largest absolute Gasteiger partial charge is 0.507 e. The molecule has 0 spiro atoms. The van der Waals surface area contributed by atoms with Crippen molar-refractivity contribution in [3.63, 3.8) is 0 Å². The normalized spacial score (nSPS) is 16.5. The molecule has 2 aliphatic rings. The second-order valence-corrected chi connectivity index (χ2v) is 10.8. The van der Waals surface area contributed by atoms with Gasteiger partial charge in [0.2, 0.25) is 0 Å². The minimum atomic E-state index is -0.513. The van der Waals surface area contributed by atoms with Crippen LogP contribution in [0.5, 0.6) is 17.2 Å². The highest BCUT2D eigenvalue weighted by Crippen LogP contribution is 2.36. The maximum absolute atomic E-state index is 13.4. The van der Waals surface area contributed by atoms with Crippen molar-refractivity contribution in [3.8, 4) is 28.4 Å². The Morgan fingerprint density at radius 3 is 2.54 bits per heavy atom. The van der Waals surface area contributed by atoms with Crippen LogP contribution in [0, 0.1) is 11.7 Å². The van der Waals surface area contributed by atoms with E-state index in [1.54, 1.807) is 12.1 Å². The summed E-state index contributed by atoms with van der Waals surface area (Å²) in [5.74, 6) is 1.24. The molecule has 0 aliphatic carbocycles. The Morgan fingerprint density at radius 1 is 0.927 bits per heavy atom. The van der Waals surface area contributed by atoms with Crippen LogP contribution in [-0.4, -0.2) is 80.0 Å². The number of amides is 1. The van der Waals surface area contributed by atoms with Crippen molar-refractivity contribution in [2.75, 3.05) is 59.2 Å². The van der Waals surface area contributed by atoms with E-state index in [4.69, 9.17) is 14.2 Å². The zero-order valence-corrected chi connectivity index (χ0v) is 23.5. The van der Waals surface area contributed by atoms with Crippen LogP contribution < -0.4 is 9.47 Å². The fourth-order valence-corrected chi connectivity index (χ4v) is 5.53. The summed E-state index contributed by atoms with van der Waals surface area (Å²) in [6.45, 7) is 6.50. The predicted octanol–water partition coefficient (Wildman–Crippen LogP) is 5.16. The Labute approximate surface area is 241 Å². The number of nitrogens with zero attached hydrogens (tertiary/aromatic N) is 2. The lowest BCUT2D eigenvalue weighted by atomic mass is 9.90. The van der Waals surface area contributed by atoms with E-state index in [1.807, 2.05) is 23.1 Å². The number of rotatable bonds is 11. The van der Waals surface area contributed by atoms with Crippen molar-refractivity contribution in [2.45, 2.75) is 25.7 Å². The third kappa shape index (κ3) is 8.21. The number of phenolic OH excluding ortho intramolecular Hbond substituents is 1. The minimum Gasteiger partial charge on any atom is -0.507 e. The summed E-state index contributed by atoms with van der Waals surface area (Å²) in [6.07, 6.45) is 4.03. The molecule has 7 nitrogen and oxygen atoms in total. The molecule has 0 bridgehead atoms. The first kappa shape index (κ1) is 28.9. The Hall–Kier alpha value is -3.62. The van der Waals surface area contributed by atoms with Gasteiger partial charge in [-0.15, -0.1) is 0 Å². The number of phenols is 1. The molecular formula is C33H39FN2O5. The molecule has 218 valence electrons. The number of hydrogen-bond donors (Lipinski definition) is 1. The van der Waals surface area contributed by atoms with Gasteiger partial charge in [-0.1, -0.05) is 30.3 Å². The van der Waals surface area contributed by atoms with Crippen LogP contribution in [0.4, 0.5) is 4.39 Å². The molecule has 3 aromatic rings. The number of piperidine rings is 1. The molecular weight excluding hydrogens is 523 g/mol. The number of carbonyl (C=O) groups excluding carboxylic acids is 1. The van der Waals surface area contributed by atoms with Crippen LogP contribution in [0.1, 0.15) is 24.8 Å². The van der Waals surface area contributed by atoms with Crippen LogP contribution in [0.3, 0.4) is 0 Å². The molecule has 41 heavy (non-hydrogen) atoms. The van der Waals surface area contributed by atoms with E-state index >= 15 is 0 Å². The number of morpholine rings is 1. The monoisotopic (exact) mass is 562 g/mol. The molecule has 8 heteroatoms. The maximum atomic E-state index is 13.4. The zero-order valence-electron chi connectivity index (χ0n) is 23.5. The summed E-state index contributed by atoms with van der Waals surface area (Å²) in [7, 11) is 0. The molecule has 5 rings (SSSR count). The van der Waals surface area contributed by atoms with E-state index in [0.717, 1.165) is 83.4 Å². The molecule has 0 unspecified atom stereocenters. The molecule has 3 aromatic carbocycles. The molecule has 0 aromatic heterocycles. The zero-order chi connectivity index (χ0) is 28.4. The van der Waals surface area contributed by atoms with Gasteiger partial charge in [0.1, 0.15) is 29.7 Å². The van der Waals surface area contributed by atoms with Crippen LogP contribution in [0.2, 0.25) is 0 Å². The quantitative estimate of drug-likeness (QED) is 0.348. The summed E-state index contributed by atoms with van der Waals surface area (Å²) in [5, 5.41) is 10.2. The Balaban J connectivity index is 1.04. The molecule has 0 saturated carbocycles. The predicted molar refractivity (Wildman–Crippen MR) is 156 cm³/mol. The fraction of sp³-hybridized carbons (Fsp3) is 0.424. The average Bonchev–Trinajstić information content (AvgIpc) is 3.00. The Bertz CT molecular complexity index is 1290. The second kappa shape index (κ2) is 14.3. The highest BCUT2D eigenvalue weighted by atomic mass is 19.1.